The predicted octanol–water partition coefficient (Wildman–Crippen LogP) is 2.52. The molecule has 1 saturated carbocycles. The molecule has 4 nitrogen and oxygen atoms in total. The van der Waals surface area contributed by atoms with Gasteiger partial charge in [-0.05, 0) is 48.9 Å². The van der Waals surface area contributed by atoms with Gasteiger partial charge in [-0.25, -0.2) is 0 Å². The second kappa shape index (κ2) is 7.23. The lowest BCUT2D eigenvalue weighted by Crippen LogP contribution is -2.33. The van der Waals surface area contributed by atoms with E-state index in [1.807, 2.05) is 18.2 Å². The van der Waals surface area contributed by atoms with Gasteiger partial charge in [0.1, 0.15) is 0 Å². The normalized spacial score (nSPS) is 21.0. The number of amides is 1. The van der Waals surface area contributed by atoms with Gasteiger partial charge in [-0.2, -0.15) is 0 Å². The van der Waals surface area contributed by atoms with E-state index in [0.29, 0.717) is 18.9 Å². The fourth-order valence-corrected chi connectivity index (χ4v) is 4.04. The van der Waals surface area contributed by atoms with Gasteiger partial charge in [0.05, 0.1) is 0 Å². The molecule has 3 atom stereocenters. The minimum atomic E-state index is 0.00882. The largest absolute Gasteiger partial charge is 0.396 e. The molecule has 3 unspecified atom stereocenters. The van der Waals surface area contributed by atoms with Crippen molar-refractivity contribution < 1.29 is 9.90 Å². The van der Waals surface area contributed by atoms with Crippen LogP contribution in [0.4, 0.5) is 0 Å². The van der Waals surface area contributed by atoms with E-state index in [9.17, 15) is 9.90 Å². The Balaban J connectivity index is 1.48. The van der Waals surface area contributed by atoms with Crippen molar-refractivity contribution in [3.8, 4) is 0 Å². The van der Waals surface area contributed by atoms with E-state index >= 15 is 0 Å². The van der Waals surface area contributed by atoms with Gasteiger partial charge in [-0.1, -0.05) is 6.07 Å². The third-order valence-electron chi connectivity index (χ3n) is 4.41. The van der Waals surface area contributed by atoms with Crippen LogP contribution in [0.5, 0.6) is 0 Å². The van der Waals surface area contributed by atoms with Crippen LogP contribution in [0.25, 0.3) is 0 Å². The maximum Gasteiger partial charge on any atom is 0.223 e. The van der Waals surface area contributed by atoms with Crippen molar-refractivity contribution >= 4 is 17.2 Å². The van der Waals surface area contributed by atoms with Gasteiger partial charge in [0.15, 0.2) is 0 Å². The van der Waals surface area contributed by atoms with Crippen LogP contribution in [-0.2, 0) is 11.2 Å². The molecule has 0 bridgehead atoms. The number of nitrogens with one attached hydrogen (secondary N) is 1. The van der Waals surface area contributed by atoms with E-state index in [2.05, 4.69) is 28.7 Å². The first-order valence-corrected chi connectivity index (χ1v) is 8.89. The Kier molecular flexibility index (Phi) is 5.08. The molecular weight excluding hydrogens is 308 g/mol. The van der Waals surface area contributed by atoms with Gasteiger partial charge >= 0.3 is 0 Å². The second-order valence-electron chi connectivity index (χ2n) is 6.24. The summed E-state index contributed by atoms with van der Waals surface area (Å²) in [6, 6.07) is 7.87. The molecule has 23 heavy (non-hydrogen) atoms. The lowest BCUT2D eigenvalue weighted by molar-refractivity contribution is -0.122. The van der Waals surface area contributed by atoms with Gasteiger partial charge in [-0.15, -0.1) is 11.3 Å². The monoisotopic (exact) mass is 330 g/mol. The lowest BCUT2D eigenvalue weighted by atomic mass is 10.0. The maximum absolute atomic E-state index is 12.3. The molecule has 0 saturated heterocycles. The Bertz CT molecular complexity index is 656. The Morgan fingerprint density at radius 2 is 2.35 bits per heavy atom. The van der Waals surface area contributed by atoms with Gasteiger partial charge < -0.3 is 10.4 Å². The molecule has 2 N–H and O–H groups in total. The fraction of sp³-hybridized carbons (Fsp3) is 0.444. The van der Waals surface area contributed by atoms with Crippen LogP contribution in [0.2, 0.25) is 0 Å². The smallest absolute Gasteiger partial charge is 0.223 e. The van der Waals surface area contributed by atoms with Crippen molar-refractivity contribution in [2.24, 2.45) is 11.8 Å². The highest BCUT2D eigenvalue weighted by Gasteiger charge is 2.45. The zero-order chi connectivity index (χ0) is 16.2. The molecule has 2 heterocycles. The zero-order valence-electron chi connectivity index (χ0n) is 13.2. The summed E-state index contributed by atoms with van der Waals surface area (Å²) in [7, 11) is 0. The number of aryl methyl sites for hydroxylation is 1. The van der Waals surface area contributed by atoms with Crippen LogP contribution < -0.4 is 5.32 Å². The van der Waals surface area contributed by atoms with Gasteiger partial charge in [0.25, 0.3) is 0 Å². The minimum absolute atomic E-state index is 0.00882. The number of carbonyl (C=O) groups is 1. The first-order chi connectivity index (χ1) is 11.2. The number of hydrogen-bond acceptors (Lipinski definition) is 4. The molecular formula is C18H22N2O2S. The standard InChI is InChI=1S/C18H22N2O2S/c1-12-5-7-23-17(12)15-9-16(15)18(22)20-10-13(11-21)8-14-4-2-3-6-19-14/h2-7,13,15-16,21H,8-11H2,1H3,(H,20,22). The van der Waals surface area contributed by atoms with Crippen molar-refractivity contribution in [3.63, 3.8) is 0 Å². The Morgan fingerprint density at radius 3 is 3.00 bits per heavy atom. The summed E-state index contributed by atoms with van der Waals surface area (Å²) in [4.78, 5) is 17.9. The molecule has 3 rings (SSSR count). The maximum atomic E-state index is 12.3. The number of pyridine rings is 1. The summed E-state index contributed by atoms with van der Waals surface area (Å²) < 4.78 is 0. The van der Waals surface area contributed by atoms with Gasteiger partial charge in [0.2, 0.25) is 5.91 Å². The molecule has 2 aromatic rings. The Morgan fingerprint density at radius 1 is 1.48 bits per heavy atom. The highest BCUT2D eigenvalue weighted by molar-refractivity contribution is 7.10. The SMILES string of the molecule is Cc1ccsc1C1CC1C(=O)NCC(CO)Cc1ccccn1. The average Bonchev–Trinajstić information content (AvgIpc) is 3.26. The van der Waals surface area contributed by atoms with Crippen LogP contribution >= 0.6 is 11.3 Å². The fourth-order valence-electron chi connectivity index (χ4n) is 2.93. The summed E-state index contributed by atoms with van der Waals surface area (Å²) in [6.07, 6.45) is 3.37. The lowest BCUT2D eigenvalue weighted by Gasteiger charge is -2.14. The van der Waals surface area contributed by atoms with E-state index < -0.39 is 0 Å². The highest BCUT2D eigenvalue weighted by atomic mass is 32.1. The third kappa shape index (κ3) is 3.98. The number of hydrogen-bond donors (Lipinski definition) is 2. The van der Waals surface area contributed by atoms with E-state index in [0.717, 1.165) is 12.1 Å². The van der Waals surface area contributed by atoms with Crippen molar-refractivity contribution in [1.29, 1.82) is 0 Å². The quantitative estimate of drug-likeness (QED) is 0.820. The molecule has 1 fully saturated rings. The Hall–Kier alpha value is -1.72. The summed E-state index contributed by atoms with van der Waals surface area (Å²) in [5, 5.41) is 14.6. The number of aliphatic hydroxyl groups is 1. The van der Waals surface area contributed by atoms with Crippen LogP contribution in [0.15, 0.2) is 35.8 Å². The average molecular weight is 330 g/mol. The summed E-state index contributed by atoms with van der Waals surface area (Å²) in [6.45, 7) is 2.65. The van der Waals surface area contributed by atoms with Gasteiger partial charge in [0, 0.05) is 47.7 Å². The molecule has 1 aliphatic carbocycles. The first-order valence-electron chi connectivity index (χ1n) is 8.01. The molecule has 5 heteroatoms. The van der Waals surface area contributed by atoms with E-state index in [-0.39, 0.29) is 24.3 Å². The number of carbonyl (C=O) groups excluding carboxylic acids is 1. The van der Waals surface area contributed by atoms with Crippen LogP contribution in [0.3, 0.4) is 0 Å². The molecule has 0 spiro atoms. The van der Waals surface area contributed by atoms with E-state index in [1.54, 1.807) is 17.5 Å². The molecule has 1 aliphatic rings. The number of nitrogens with zero attached hydrogens (tertiary/aromatic N) is 1. The van der Waals surface area contributed by atoms with E-state index in [1.165, 1.54) is 10.4 Å². The second-order valence-corrected chi connectivity index (χ2v) is 7.18. The summed E-state index contributed by atoms with van der Waals surface area (Å²) >= 11 is 1.74. The van der Waals surface area contributed by atoms with Crippen molar-refractivity contribution in [2.75, 3.05) is 13.2 Å². The number of thiophene rings is 1. The number of aliphatic hydroxyl groups excluding tert-OH is 1. The summed E-state index contributed by atoms with van der Waals surface area (Å²) in [5.74, 6) is 0.608. The van der Waals surface area contributed by atoms with Crippen molar-refractivity contribution in [1.82, 2.24) is 10.3 Å². The van der Waals surface area contributed by atoms with Crippen LogP contribution in [0.1, 0.15) is 28.5 Å². The molecule has 1 amide bonds. The highest BCUT2D eigenvalue weighted by Crippen LogP contribution is 2.50. The molecule has 0 aliphatic heterocycles. The number of aromatic nitrogens is 1. The summed E-state index contributed by atoms with van der Waals surface area (Å²) in [5.41, 5.74) is 2.23. The van der Waals surface area contributed by atoms with Gasteiger partial charge in [-0.3, -0.25) is 9.78 Å². The molecule has 0 aromatic carbocycles. The molecule has 0 radical (unpaired) electrons. The Labute approximate surface area is 140 Å². The van der Waals surface area contributed by atoms with Crippen molar-refractivity contribution in [2.45, 2.75) is 25.7 Å². The molecule has 2 aromatic heterocycles. The zero-order valence-corrected chi connectivity index (χ0v) is 14.1. The van der Waals surface area contributed by atoms with Crippen LogP contribution in [-0.4, -0.2) is 29.1 Å². The number of rotatable bonds is 7. The topological polar surface area (TPSA) is 62.2 Å². The van der Waals surface area contributed by atoms with E-state index in [4.69, 9.17) is 0 Å². The third-order valence-corrected chi connectivity index (χ3v) is 5.56. The molecule has 122 valence electrons. The first kappa shape index (κ1) is 16.1. The predicted molar refractivity (Wildman–Crippen MR) is 91.4 cm³/mol. The minimum Gasteiger partial charge on any atom is -0.396 e. The van der Waals surface area contributed by atoms with Crippen molar-refractivity contribution in [3.05, 3.63) is 52.0 Å². The van der Waals surface area contributed by atoms with Crippen LogP contribution in [0, 0.1) is 18.8 Å².